The molecule has 19 heavy (non-hydrogen) atoms. The highest BCUT2D eigenvalue weighted by molar-refractivity contribution is 6.33. The lowest BCUT2D eigenvalue weighted by molar-refractivity contribution is 0.382. The second kappa shape index (κ2) is 5.16. The molecule has 0 bridgehead atoms. The minimum atomic E-state index is 0.400. The summed E-state index contributed by atoms with van der Waals surface area (Å²) in [5.41, 5.74) is 0.821. The Bertz CT molecular complexity index is 664. The summed E-state index contributed by atoms with van der Waals surface area (Å²) in [6.07, 6.45) is 1.56. The average Bonchev–Trinajstić information content (AvgIpc) is 3.09. The molecule has 0 unspecified atom stereocenters. The maximum atomic E-state index is 6.03. The first-order chi connectivity index (χ1) is 9.33. The molecule has 3 aromatic rings. The van der Waals surface area contributed by atoms with Gasteiger partial charge in [-0.25, -0.2) is 0 Å². The van der Waals surface area contributed by atoms with Crippen LogP contribution in [0.15, 0.2) is 51.6 Å². The first-order valence-corrected chi connectivity index (χ1v) is 6.05. The van der Waals surface area contributed by atoms with Gasteiger partial charge in [0.15, 0.2) is 5.76 Å². The monoisotopic (exact) mass is 275 g/mol. The second-order valence-corrected chi connectivity index (χ2v) is 4.23. The van der Waals surface area contributed by atoms with Crippen LogP contribution in [0.5, 0.6) is 0 Å². The Balaban J connectivity index is 1.70. The van der Waals surface area contributed by atoms with Crippen LogP contribution in [-0.4, -0.2) is 10.1 Å². The molecule has 1 aromatic carbocycles. The van der Waals surface area contributed by atoms with Gasteiger partial charge in [-0.3, -0.25) is 0 Å². The van der Waals surface area contributed by atoms with Gasteiger partial charge < -0.3 is 14.3 Å². The number of anilines is 1. The molecule has 2 aromatic heterocycles. The van der Waals surface area contributed by atoms with Gasteiger partial charge in [-0.1, -0.05) is 28.9 Å². The van der Waals surface area contributed by atoms with Crippen molar-refractivity contribution >= 4 is 17.3 Å². The largest absolute Gasteiger partial charge is 0.461 e. The van der Waals surface area contributed by atoms with E-state index in [0.29, 0.717) is 29.0 Å². The number of hydrogen-bond donors (Lipinski definition) is 1. The van der Waals surface area contributed by atoms with Gasteiger partial charge in [-0.15, -0.1) is 0 Å². The quantitative estimate of drug-likeness (QED) is 0.788. The fourth-order valence-electron chi connectivity index (χ4n) is 1.61. The Hall–Kier alpha value is -2.27. The summed E-state index contributed by atoms with van der Waals surface area (Å²) in [7, 11) is 0. The number of benzene rings is 1. The lowest BCUT2D eigenvalue weighted by atomic mass is 10.3. The minimum absolute atomic E-state index is 0.400. The van der Waals surface area contributed by atoms with Crippen LogP contribution in [0.25, 0.3) is 11.6 Å². The first-order valence-electron chi connectivity index (χ1n) is 5.68. The van der Waals surface area contributed by atoms with Crippen molar-refractivity contribution in [3.05, 3.63) is 53.6 Å². The molecule has 0 amide bonds. The van der Waals surface area contributed by atoms with E-state index in [-0.39, 0.29) is 0 Å². The van der Waals surface area contributed by atoms with E-state index in [1.165, 1.54) is 0 Å². The number of para-hydroxylation sites is 1. The predicted molar refractivity (Wildman–Crippen MR) is 70.8 cm³/mol. The number of nitrogens with zero attached hydrogens (tertiary/aromatic N) is 2. The maximum absolute atomic E-state index is 6.03. The van der Waals surface area contributed by atoms with E-state index < -0.39 is 0 Å². The molecule has 0 spiro atoms. The summed E-state index contributed by atoms with van der Waals surface area (Å²) < 4.78 is 10.3. The van der Waals surface area contributed by atoms with Crippen LogP contribution < -0.4 is 5.32 Å². The van der Waals surface area contributed by atoms with Gasteiger partial charge >= 0.3 is 0 Å². The Labute approximate surface area is 114 Å². The van der Waals surface area contributed by atoms with Crippen LogP contribution in [0.3, 0.4) is 0 Å². The molecule has 0 aliphatic rings. The standard InChI is InChI=1S/C13H10ClN3O2/c14-9-4-1-2-5-10(9)15-8-12-16-13(17-19-12)11-6-3-7-18-11/h1-7,15H,8H2. The van der Waals surface area contributed by atoms with Crippen LogP contribution >= 0.6 is 11.6 Å². The highest BCUT2D eigenvalue weighted by Gasteiger charge is 2.10. The molecule has 0 saturated carbocycles. The van der Waals surface area contributed by atoms with E-state index >= 15 is 0 Å². The summed E-state index contributed by atoms with van der Waals surface area (Å²) in [4.78, 5) is 4.22. The van der Waals surface area contributed by atoms with Gasteiger partial charge in [0.25, 0.3) is 0 Å². The van der Waals surface area contributed by atoms with Gasteiger partial charge in [0, 0.05) is 0 Å². The lowest BCUT2D eigenvalue weighted by Crippen LogP contribution is -1.99. The fraction of sp³-hybridized carbons (Fsp3) is 0.0769. The molecule has 6 heteroatoms. The number of halogens is 1. The van der Waals surface area contributed by atoms with Gasteiger partial charge in [-0.05, 0) is 24.3 Å². The van der Waals surface area contributed by atoms with Crippen LogP contribution in [0.2, 0.25) is 5.02 Å². The fourth-order valence-corrected chi connectivity index (χ4v) is 1.81. The predicted octanol–water partition coefficient (Wildman–Crippen LogP) is 3.60. The maximum Gasteiger partial charge on any atom is 0.246 e. The van der Waals surface area contributed by atoms with Crippen molar-refractivity contribution in [3.63, 3.8) is 0 Å². The van der Waals surface area contributed by atoms with Crippen molar-refractivity contribution in [2.75, 3.05) is 5.32 Å². The molecular weight excluding hydrogens is 266 g/mol. The van der Waals surface area contributed by atoms with Crippen molar-refractivity contribution in [2.45, 2.75) is 6.54 Å². The molecule has 0 atom stereocenters. The smallest absolute Gasteiger partial charge is 0.246 e. The summed E-state index contributed by atoms with van der Waals surface area (Å²) in [6, 6.07) is 11.0. The molecule has 0 aliphatic heterocycles. The van der Waals surface area contributed by atoms with Gasteiger partial charge in [-0.2, -0.15) is 4.98 Å². The average molecular weight is 276 g/mol. The third kappa shape index (κ3) is 2.61. The molecule has 0 radical (unpaired) electrons. The summed E-state index contributed by atoms with van der Waals surface area (Å²) in [5, 5.41) is 7.62. The molecular formula is C13H10ClN3O2. The highest BCUT2D eigenvalue weighted by atomic mass is 35.5. The summed E-state index contributed by atoms with van der Waals surface area (Å²) in [5.74, 6) is 1.47. The number of nitrogens with one attached hydrogen (secondary N) is 1. The third-order valence-electron chi connectivity index (χ3n) is 2.51. The van der Waals surface area contributed by atoms with E-state index in [4.69, 9.17) is 20.5 Å². The van der Waals surface area contributed by atoms with E-state index in [1.54, 1.807) is 18.4 Å². The summed E-state index contributed by atoms with van der Waals surface area (Å²) in [6.45, 7) is 0.400. The second-order valence-electron chi connectivity index (χ2n) is 3.82. The minimum Gasteiger partial charge on any atom is -0.461 e. The van der Waals surface area contributed by atoms with Crippen molar-refractivity contribution < 1.29 is 8.94 Å². The van der Waals surface area contributed by atoms with E-state index in [2.05, 4.69) is 15.5 Å². The Kier molecular flexibility index (Phi) is 3.20. The zero-order valence-electron chi connectivity index (χ0n) is 9.84. The van der Waals surface area contributed by atoms with E-state index in [0.717, 1.165) is 5.69 Å². The van der Waals surface area contributed by atoms with Crippen LogP contribution in [0.4, 0.5) is 5.69 Å². The zero-order chi connectivity index (χ0) is 13.1. The topological polar surface area (TPSA) is 64.1 Å². The van der Waals surface area contributed by atoms with Gasteiger partial charge in [0.05, 0.1) is 23.5 Å². The van der Waals surface area contributed by atoms with Gasteiger partial charge in [0.2, 0.25) is 11.7 Å². The molecule has 3 rings (SSSR count). The summed E-state index contributed by atoms with van der Waals surface area (Å²) >= 11 is 6.03. The SMILES string of the molecule is Clc1ccccc1NCc1nc(-c2ccco2)no1. The van der Waals surface area contributed by atoms with Crippen molar-refractivity contribution in [2.24, 2.45) is 0 Å². The first kappa shape index (κ1) is 11.8. The molecule has 96 valence electrons. The Morgan fingerprint density at radius 2 is 2.05 bits per heavy atom. The van der Waals surface area contributed by atoms with Crippen molar-refractivity contribution in [3.8, 4) is 11.6 Å². The number of aromatic nitrogens is 2. The Morgan fingerprint density at radius 1 is 1.16 bits per heavy atom. The van der Waals surface area contributed by atoms with Gasteiger partial charge in [0.1, 0.15) is 0 Å². The van der Waals surface area contributed by atoms with E-state index in [1.807, 2.05) is 24.3 Å². The van der Waals surface area contributed by atoms with Crippen LogP contribution in [0, 0.1) is 0 Å². The van der Waals surface area contributed by atoms with Crippen LogP contribution in [0.1, 0.15) is 5.89 Å². The van der Waals surface area contributed by atoms with Crippen molar-refractivity contribution in [1.29, 1.82) is 0 Å². The normalized spacial score (nSPS) is 10.6. The number of furan rings is 1. The number of hydrogen-bond acceptors (Lipinski definition) is 5. The van der Waals surface area contributed by atoms with Crippen LogP contribution in [-0.2, 0) is 6.54 Å². The molecule has 0 saturated heterocycles. The third-order valence-corrected chi connectivity index (χ3v) is 2.84. The molecule has 5 nitrogen and oxygen atoms in total. The lowest BCUT2D eigenvalue weighted by Gasteiger charge is -2.04. The zero-order valence-corrected chi connectivity index (χ0v) is 10.6. The highest BCUT2D eigenvalue weighted by Crippen LogP contribution is 2.21. The Morgan fingerprint density at radius 3 is 2.84 bits per heavy atom. The van der Waals surface area contributed by atoms with E-state index in [9.17, 15) is 0 Å². The molecule has 0 aliphatic carbocycles. The van der Waals surface area contributed by atoms with Crippen molar-refractivity contribution in [1.82, 2.24) is 10.1 Å². The molecule has 1 N–H and O–H groups in total. The molecule has 2 heterocycles. The molecule has 0 fully saturated rings. The number of rotatable bonds is 4.